The van der Waals surface area contributed by atoms with Crippen LogP contribution in [0, 0.1) is 25.7 Å². The Morgan fingerprint density at radius 2 is 0.800 bits per heavy atom. The standard InChI is InChI=1S/C58H92N2.2C2H5.Ni/c1-7-13-17-20-22-24-26-28-30-37-49(11-5)45-47-51-39-33-35-42-53(51)57-55(41-16-10-4)56(44-32-19-15-9-3)58(60(57)59)54-43-36-34-40-52(54)48-46-50(12-6)38-31-29-27-25-23-21-18-14-8-2;2*1-2;/h28-31,33-36,39-40,42-43,49-50H,7-27,32,37-38,41,44-48H2,1-6H3;2*1H2,2H3;/q;2*-1;+2. The zero-order valence-corrected chi connectivity index (χ0v) is 44.9. The van der Waals surface area contributed by atoms with Crippen molar-refractivity contribution >= 4 is 11.4 Å². The van der Waals surface area contributed by atoms with Crippen LogP contribution < -0.4 is 0 Å². The molecule has 65 heavy (non-hydrogen) atoms. The molecule has 2 aromatic rings. The van der Waals surface area contributed by atoms with Gasteiger partial charge >= 0.3 is 16.5 Å². The van der Waals surface area contributed by atoms with Gasteiger partial charge in [-0.1, -0.05) is 205 Å². The number of nitrogens with zero attached hydrogens (tertiary/aromatic N) is 2. The Labute approximate surface area is 415 Å². The van der Waals surface area contributed by atoms with E-state index < -0.39 is 0 Å². The second kappa shape index (κ2) is 42.8. The Balaban J connectivity index is 0.00000796. The molecule has 0 bridgehead atoms. The molecule has 0 N–H and O–H groups in total. The first kappa shape index (κ1) is 62.5. The summed E-state index contributed by atoms with van der Waals surface area (Å²) in [6.07, 6.45) is 47.1. The molecule has 2 aromatic carbocycles. The third kappa shape index (κ3) is 24.9. The molecule has 2 unspecified atom stereocenters. The fourth-order valence-electron chi connectivity index (χ4n) is 9.36. The van der Waals surface area contributed by atoms with Crippen molar-refractivity contribution in [1.82, 2.24) is 0 Å². The first-order chi connectivity index (χ1) is 31.5. The predicted molar refractivity (Wildman–Crippen MR) is 288 cm³/mol. The predicted octanol–water partition coefficient (Wildman–Crippen LogP) is 21.0. The molecule has 1 aliphatic rings. The van der Waals surface area contributed by atoms with Crippen LogP contribution >= 0.6 is 0 Å². The van der Waals surface area contributed by atoms with Gasteiger partial charge in [-0.25, -0.2) is 4.70 Å². The molecule has 3 rings (SSSR count). The number of unbranched alkanes of at least 4 members (excludes halogenated alkanes) is 16. The number of allylic oxidation sites excluding steroid dienone is 6. The summed E-state index contributed by atoms with van der Waals surface area (Å²) in [7, 11) is 0. The molecule has 0 aromatic heterocycles. The van der Waals surface area contributed by atoms with Gasteiger partial charge in [0.2, 0.25) is 11.4 Å². The number of hydrogen-bond acceptors (Lipinski definition) is 0. The van der Waals surface area contributed by atoms with E-state index in [1.165, 1.54) is 187 Å². The number of benzene rings is 2. The van der Waals surface area contributed by atoms with E-state index in [4.69, 9.17) is 0 Å². The van der Waals surface area contributed by atoms with Crippen molar-refractivity contribution in [3.63, 3.8) is 0 Å². The smallest absolute Gasteiger partial charge is 0.493 e. The van der Waals surface area contributed by atoms with E-state index in [1.807, 2.05) is 0 Å². The second-order valence-electron chi connectivity index (χ2n) is 18.3. The van der Waals surface area contributed by atoms with Crippen molar-refractivity contribution in [2.45, 2.75) is 248 Å². The fraction of sp³-hybridized carbons (Fsp3) is 0.645. The summed E-state index contributed by atoms with van der Waals surface area (Å²) < 4.78 is 1.67. The summed E-state index contributed by atoms with van der Waals surface area (Å²) in [4.78, 5) is 0. The van der Waals surface area contributed by atoms with Crippen molar-refractivity contribution < 1.29 is 21.2 Å². The molecule has 2 atom stereocenters. The van der Waals surface area contributed by atoms with Crippen LogP contribution in [0.15, 0.2) is 84.0 Å². The van der Waals surface area contributed by atoms with Crippen LogP contribution in [0.25, 0.3) is 16.9 Å². The van der Waals surface area contributed by atoms with Crippen molar-refractivity contribution in [2.75, 3.05) is 0 Å². The molecule has 3 heteroatoms. The normalized spacial score (nSPS) is 13.5. The van der Waals surface area contributed by atoms with Crippen molar-refractivity contribution in [2.24, 2.45) is 11.8 Å². The minimum Gasteiger partial charge on any atom is -0.493 e. The molecule has 0 aliphatic carbocycles. The van der Waals surface area contributed by atoms with Crippen LogP contribution in [-0.4, -0.2) is 4.70 Å². The minimum absolute atomic E-state index is 0. The van der Waals surface area contributed by atoms with Gasteiger partial charge in [0.1, 0.15) is 0 Å². The quantitative estimate of drug-likeness (QED) is 0.0214. The van der Waals surface area contributed by atoms with Crippen LogP contribution in [-0.2, 0) is 29.3 Å². The van der Waals surface area contributed by atoms with Gasteiger partial charge in [-0.2, -0.15) is 13.8 Å². The summed E-state index contributed by atoms with van der Waals surface area (Å²) in [6, 6.07) is 18.1. The zero-order valence-electron chi connectivity index (χ0n) is 43.9. The largest absolute Gasteiger partial charge is 2.00 e. The summed E-state index contributed by atoms with van der Waals surface area (Å²) in [6.45, 7) is 23.9. The van der Waals surface area contributed by atoms with E-state index in [1.54, 1.807) is 18.5 Å². The van der Waals surface area contributed by atoms with E-state index in [0.717, 1.165) is 49.9 Å². The Hall–Kier alpha value is -2.51. The molecule has 1 heterocycles. The molecule has 0 saturated heterocycles. The summed E-state index contributed by atoms with van der Waals surface area (Å²) in [5.41, 5.74) is 22.8. The first-order valence-electron chi connectivity index (χ1n) is 27.4. The zero-order chi connectivity index (χ0) is 47.0. The third-order valence-electron chi connectivity index (χ3n) is 13.5. The van der Waals surface area contributed by atoms with Crippen molar-refractivity contribution in [3.8, 4) is 0 Å². The van der Waals surface area contributed by atoms with Gasteiger partial charge in [-0.05, 0) is 125 Å². The van der Waals surface area contributed by atoms with Gasteiger partial charge in [0.05, 0.1) is 0 Å². The maximum absolute atomic E-state index is 12.7. The minimum atomic E-state index is 0. The van der Waals surface area contributed by atoms with Crippen LogP contribution in [0.2, 0.25) is 0 Å². The maximum Gasteiger partial charge on any atom is 2.00 e. The van der Waals surface area contributed by atoms with Crippen LogP contribution in [0.5, 0.6) is 0 Å². The maximum atomic E-state index is 12.7. The Bertz CT molecular complexity index is 1580. The van der Waals surface area contributed by atoms with Gasteiger partial charge < -0.3 is 19.4 Å². The topological polar surface area (TPSA) is 25.3 Å². The van der Waals surface area contributed by atoms with Crippen molar-refractivity contribution in [3.05, 3.63) is 126 Å². The Kier molecular flexibility index (Phi) is 41.2. The fourth-order valence-corrected chi connectivity index (χ4v) is 9.36. The van der Waals surface area contributed by atoms with E-state index in [9.17, 15) is 5.53 Å². The molecular formula is C62H102N2Ni. The first-order valence-corrected chi connectivity index (χ1v) is 27.4. The molecule has 1 aliphatic heterocycles. The summed E-state index contributed by atoms with van der Waals surface area (Å²) in [5, 5.41) is 0. The van der Waals surface area contributed by atoms with Gasteiger partial charge in [0.25, 0.3) is 0 Å². The van der Waals surface area contributed by atoms with E-state index in [-0.39, 0.29) is 16.5 Å². The molecule has 0 saturated carbocycles. The summed E-state index contributed by atoms with van der Waals surface area (Å²) >= 11 is 0. The van der Waals surface area contributed by atoms with Crippen molar-refractivity contribution in [1.29, 1.82) is 0 Å². The molecule has 0 fully saturated rings. The average Bonchev–Trinajstić information content (AvgIpc) is 3.61. The SMILES string of the molecule is CCCCCCCCC=CCC(CC)CCc1ccccc1C1=C(CCCC)C(CCCCCC)=C(c2ccccc2CCC(CC)CC=CCCCCCCCC)[N+]1=[N-].[CH2-]C.[CH2-]C.[Ni+2]. The molecule has 0 spiro atoms. The van der Waals surface area contributed by atoms with E-state index in [0.29, 0.717) is 11.8 Å². The van der Waals surface area contributed by atoms with Gasteiger partial charge in [0.15, 0.2) is 0 Å². The third-order valence-corrected chi connectivity index (χ3v) is 13.5. The van der Waals surface area contributed by atoms with Crippen LogP contribution in [0.4, 0.5) is 0 Å². The number of aryl methyl sites for hydroxylation is 2. The molecule has 2 nitrogen and oxygen atoms in total. The molecule has 0 amide bonds. The Morgan fingerprint density at radius 1 is 0.446 bits per heavy atom. The van der Waals surface area contributed by atoms with E-state index >= 15 is 0 Å². The van der Waals surface area contributed by atoms with E-state index in [2.05, 4.69) is 128 Å². The monoisotopic (exact) mass is 933 g/mol. The summed E-state index contributed by atoms with van der Waals surface area (Å²) in [5.74, 6) is 1.36. The average molecular weight is 934 g/mol. The Morgan fingerprint density at radius 3 is 1.20 bits per heavy atom. The van der Waals surface area contributed by atoms with Crippen LogP contribution in [0.1, 0.15) is 257 Å². The van der Waals surface area contributed by atoms with Gasteiger partial charge in [-0.15, -0.1) is 0 Å². The molecule has 370 valence electrons. The van der Waals surface area contributed by atoms with Crippen LogP contribution in [0.3, 0.4) is 0 Å². The number of rotatable bonds is 36. The molecular weight excluding hydrogens is 831 g/mol. The number of hydrogen-bond donors (Lipinski definition) is 0. The molecule has 0 radical (unpaired) electrons. The van der Waals surface area contributed by atoms with Gasteiger partial charge in [0, 0.05) is 22.3 Å². The van der Waals surface area contributed by atoms with Gasteiger partial charge in [-0.3, -0.25) is 0 Å². The second-order valence-corrected chi connectivity index (χ2v) is 18.3.